The Balaban J connectivity index is 1.68. The molecule has 164 valence electrons. The highest BCUT2D eigenvalue weighted by Crippen LogP contribution is 2.27. The van der Waals surface area contributed by atoms with Crippen molar-refractivity contribution in [3.63, 3.8) is 0 Å². The zero-order chi connectivity index (χ0) is 23.2. The van der Waals surface area contributed by atoms with E-state index in [4.69, 9.17) is 9.72 Å². The minimum atomic E-state index is -0.498. The van der Waals surface area contributed by atoms with Gasteiger partial charge in [-0.2, -0.15) is 5.10 Å². The molecule has 0 saturated heterocycles. The van der Waals surface area contributed by atoms with Crippen molar-refractivity contribution in [1.29, 1.82) is 0 Å². The fourth-order valence-electron chi connectivity index (χ4n) is 3.41. The normalized spacial score (nSPS) is 10.9. The van der Waals surface area contributed by atoms with Crippen molar-refractivity contribution < 1.29 is 14.5 Å². The Morgan fingerprint density at radius 3 is 2.70 bits per heavy atom. The van der Waals surface area contributed by atoms with Gasteiger partial charge in [0, 0.05) is 17.0 Å². The third-order valence-corrected chi connectivity index (χ3v) is 4.90. The van der Waals surface area contributed by atoms with Crippen LogP contribution in [0.2, 0.25) is 0 Å². The van der Waals surface area contributed by atoms with Gasteiger partial charge in [-0.25, -0.2) is 10.4 Å². The summed E-state index contributed by atoms with van der Waals surface area (Å²) in [6, 6.07) is 22.7. The van der Waals surface area contributed by atoms with Gasteiger partial charge in [0.05, 0.1) is 40.1 Å². The molecule has 1 aromatic heterocycles. The second-order valence-corrected chi connectivity index (χ2v) is 7.05. The Morgan fingerprint density at radius 1 is 1.09 bits per heavy atom. The molecule has 0 aliphatic rings. The molecular formula is C25H20N4O4. The third kappa shape index (κ3) is 4.85. The van der Waals surface area contributed by atoms with Gasteiger partial charge in [0.1, 0.15) is 5.75 Å². The van der Waals surface area contributed by atoms with Gasteiger partial charge in [0.15, 0.2) is 0 Å². The number of hydrazone groups is 1. The van der Waals surface area contributed by atoms with Gasteiger partial charge in [-0.1, -0.05) is 42.5 Å². The molecule has 0 aliphatic carbocycles. The van der Waals surface area contributed by atoms with Gasteiger partial charge in [-0.05, 0) is 37.3 Å². The van der Waals surface area contributed by atoms with Crippen LogP contribution in [0.3, 0.4) is 0 Å². The summed E-state index contributed by atoms with van der Waals surface area (Å²) in [5, 5.41) is 15.8. The highest BCUT2D eigenvalue weighted by Gasteiger charge is 2.15. The standard InChI is InChI=1S/C25H20N4O4/c1-2-33-19-10-7-9-17(14-19)23-15-21(20-11-4-5-12-22(20)27-23)25(30)28-26-16-18-8-3-6-13-24(18)29(31)32/h3-16H,2H2,1H3,(H,28,30)/b26-16-. The Bertz CT molecular complexity index is 1370. The van der Waals surface area contributed by atoms with E-state index in [0.29, 0.717) is 34.5 Å². The van der Waals surface area contributed by atoms with Crippen LogP contribution in [0, 0.1) is 10.1 Å². The number of fused-ring (bicyclic) bond motifs is 1. The summed E-state index contributed by atoms with van der Waals surface area (Å²) in [5.74, 6) is 0.260. The maximum Gasteiger partial charge on any atom is 0.278 e. The molecule has 1 heterocycles. The van der Waals surface area contributed by atoms with Gasteiger partial charge in [0.2, 0.25) is 0 Å². The van der Waals surface area contributed by atoms with Gasteiger partial charge < -0.3 is 4.74 Å². The molecule has 0 radical (unpaired) electrons. The second kappa shape index (κ2) is 9.69. The van der Waals surface area contributed by atoms with Crippen LogP contribution in [0.1, 0.15) is 22.8 Å². The molecule has 0 spiro atoms. The van der Waals surface area contributed by atoms with E-state index < -0.39 is 10.8 Å². The van der Waals surface area contributed by atoms with Crippen molar-refractivity contribution in [3.8, 4) is 17.0 Å². The molecule has 0 atom stereocenters. The number of pyridine rings is 1. The van der Waals surface area contributed by atoms with Crippen LogP contribution in [0.25, 0.3) is 22.2 Å². The first kappa shape index (κ1) is 21.6. The van der Waals surface area contributed by atoms with Crippen molar-refractivity contribution >= 4 is 28.7 Å². The van der Waals surface area contributed by atoms with Gasteiger partial charge in [-0.3, -0.25) is 14.9 Å². The number of hydrogen-bond acceptors (Lipinski definition) is 6. The molecule has 1 amide bonds. The molecule has 3 aromatic carbocycles. The van der Waals surface area contributed by atoms with E-state index >= 15 is 0 Å². The van der Waals surface area contributed by atoms with E-state index in [1.54, 1.807) is 24.3 Å². The summed E-state index contributed by atoms with van der Waals surface area (Å²) >= 11 is 0. The van der Waals surface area contributed by atoms with E-state index in [2.05, 4.69) is 10.5 Å². The monoisotopic (exact) mass is 440 g/mol. The largest absolute Gasteiger partial charge is 0.494 e. The lowest BCUT2D eigenvalue weighted by molar-refractivity contribution is -0.385. The van der Waals surface area contributed by atoms with Gasteiger partial charge in [0.25, 0.3) is 11.6 Å². The lowest BCUT2D eigenvalue weighted by Crippen LogP contribution is -2.18. The number of ether oxygens (including phenoxy) is 1. The third-order valence-electron chi connectivity index (χ3n) is 4.90. The fourth-order valence-corrected chi connectivity index (χ4v) is 3.41. The number of amides is 1. The second-order valence-electron chi connectivity index (χ2n) is 7.05. The molecule has 0 unspecified atom stereocenters. The van der Waals surface area contributed by atoms with Crippen molar-refractivity contribution in [2.75, 3.05) is 6.61 Å². The van der Waals surface area contributed by atoms with E-state index in [-0.39, 0.29) is 11.3 Å². The lowest BCUT2D eigenvalue weighted by Gasteiger charge is -2.10. The number of rotatable bonds is 7. The highest BCUT2D eigenvalue weighted by molar-refractivity contribution is 6.07. The zero-order valence-corrected chi connectivity index (χ0v) is 17.8. The number of nitro groups is 1. The SMILES string of the molecule is CCOc1cccc(-c2cc(C(=O)N/N=C\c3ccccc3[N+](=O)[O-])c3ccccc3n2)c1. The summed E-state index contributed by atoms with van der Waals surface area (Å²) in [4.78, 5) is 28.4. The number of carbonyl (C=O) groups is 1. The van der Waals surface area contributed by atoms with Crippen LogP contribution in [-0.4, -0.2) is 28.6 Å². The summed E-state index contributed by atoms with van der Waals surface area (Å²) in [5.41, 5.74) is 5.13. The smallest absolute Gasteiger partial charge is 0.278 e. The van der Waals surface area contributed by atoms with Crippen molar-refractivity contribution in [2.45, 2.75) is 6.92 Å². The number of aromatic nitrogens is 1. The molecular weight excluding hydrogens is 420 g/mol. The first-order chi connectivity index (χ1) is 16.1. The van der Waals surface area contributed by atoms with Crippen LogP contribution in [-0.2, 0) is 0 Å². The molecule has 0 aliphatic heterocycles. The predicted octanol–water partition coefficient (Wildman–Crippen LogP) is 4.97. The molecule has 4 rings (SSSR count). The minimum absolute atomic E-state index is 0.0960. The number of nitro benzene ring substituents is 1. The summed E-state index contributed by atoms with van der Waals surface area (Å²) in [6.07, 6.45) is 1.26. The lowest BCUT2D eigenvalue weighted by atomic mass is 10.0. The average Bonchev–Trinajstić information content (AvgIpc) is 2.84. The van der Waals surface area contributed by atoms with Crippen LogP contribution >= 0.6 is 0 Å². The highest BCUT2D eigenvalue weighted by atomic mass is 16.6. The molecule has 0 fully saturated rings. The number of hydrogen-bond donors (Lipinski definition) is 1. The predicted molar refractivity (Wildman–Crippen MR) is 127 cm³/mol. The number of benzene rings is 3. The Labute approximate surface area is 189 Å². The maximum atomic E-state index is 13.0. The van der Waals surface area contributed by atoms with Crippen molar-refractivity contribution in [1.82, 2.24) is 10.4 Å². The van der Waals surface area contributed by atoms with Crippen molar-refractivity contribution in [2.24, 2.45) is 5.10 Å². The van der Waals surface area contributed by atoms with Crippen LogP contribution in [0.5, 0.6) is 5.75 Å². The summed E-state index contributed by atoms with van der Waals surface area (Å²) in [6.45, 7) is 2.45. The number of nitrogens with one attached hydrogen (secondary N) is 1. The van der Waals surface area contributed by atoms with E-state index in [9.17, 15) is 14.9 Å². The topological polar surface area (TPSA) is 107 Å². The molecule has 33 heavy (non-hydrogen) atoms. The molecule has 0 saturated carbocycles. The Kier molecular flexibility index (Phi) is 6.36. The quantitative estimate of drug-likeness (QED) is 0.248. The van der Waals surface area contributed by atoms with Crippen LogP contribution in [0.15, 0.2) is 84.0 Å². The molecule has 4 aromatic rings. The first-order valence-corrected chi connectivity index (χ1v) is 10.3. The molecule has 8 heteroatoms. The van der Waals surface area contributed by atoms with Gasteiger partial charge >= 0.3 is 0 Å². The van der Waals surface area contributed by atoms with Crippen LogP contribution in [0.4, 0.5) is 5.69 Å². The minimum Gasteiger partial charge on any atom is -0.494 e. The summed E-state index contributed by atoms with van der Waals surface area (Å²) < 4.78 is 5.58. The molecule has 1 N–H and O–H groups in total. The number of carbonyl (C=O) groups excluding carboxylic acids is 1. The van der Waals surface area contributed by atoms with E-state index in [1.807, 2.05) is 55.5 Å². The first-order valence-electron chi connectivity index (χ1n) is 10.3. The number of nitrogens with zero attached hydrogens (tertiary/aromatic N) is 3. The average molecular weight is 440 g/mol. The van der Waals surface area contributed by atoms with Crippen LogP contribution < -0.4 is 10.2 Å². The number of para-hydroxylation sites is 2. The molecule has 0 bridgehead atoms. The summed E-state index contributed by atoms with van der Waals surface area (Å²) in [7, 11) is 0. The van der Waals surface area contributed by atoms with E-state index in [1.165, 1.54) is 12.3 Å². The van der Waals surface area contributed by atoms with Gasteiger partial charge in [-0.15, -0.1) is 0 Å². The Morgan fingerprint density at radius 2 is 1.88 bits per heavy atom. The fraction of sp³-hybridized carbons (Fsp3) is 0.0800. The zero-order valence-electron chi connectivity index (χ0n) is 17.8. The maximum absolute atomic E-state index is 13.0. The van der Waals surface area contributed by atoms with E-state index in [0.717, 1.165) is 5.56 Å². The molecule has 8 nitrogen and oxygen atoms in total. The van der Waals surface area contributed by atoms with Crippen molar-refractivity contribution in [3.05, 3.63) is 100 Å². The Hall–Kier alpha value is -4.59.